The molecule has 0 aliphatic carbocycles. The fourth-order valence-corrected chi connectivity index (χ4v) is 2.05. The molecule has 0 aliphatic heterocycles. The van der Waals surface area contributed by atoms with Gasteiger partial charge in [-0.1, -0.05) is 23.2 Å². The van der Waals surface area contributed by atoms with E-state index in [0.29, 0.717) is 21.2 Å². The second-order valence-electron chi connectivity index (χ2n) is 3.54. The molecule has 88 valence electrons. The number of aliphatic hydroxyl groups is 1. The molecular weight excluding hydrogens is 264 g/mol. The molecule has 0 spiro atoms. The molecule has 0 saturated carbocycles. The lowest BCUT2D eigenvalue weighted by Crippen LogP contribution is -2.01. The molecule has 2 nitrogen and oxygen atoms in total. The van der Waals surface area contributed by atoms with E-state index in [0.717, 1.165) is 6.20 Å². The summed E-state index contributed by atoms with van der Waals surface area (Å²) in [5.74, 6) is -0.505. The van der Waals surface area contributed by atoms with Crippen LogP contribution in [0.25, 0.3) is 0 Å². The minimum atomic E-state index is -1.01. The zero-order valence-electron chi connectivity index (χ0n) is 8.57. The molecule has 0 radical (unpaired) electrons. The number of halogens is 3. The molecule has 1 unspecified atom stereocenters. The van der Waals surface area contributed by atoms with Crippen molar-refractivity contribution < 1.29 is 9.50 Å². The van der Waals surface area contributed by atoms with Crippen LogP contribution in [-0.4, -0.2) is 10.1 Å². The number of rotatable bonds is 2. The van der Waals surface area contributed by atoms with Crippen LogP contribution in [0.1, 0.15) is 17.2 Å². The predicted molar refractivity (Wildman–Crippen MR) is 64.7 cm³/mol. The van der Waals surface area contributed by atoms with Crippen LogP contribution in [0.15, 0.2) is 36.7 Å². The molecule has 2 aromatic rings. The molecule has 0 aliphatic rings. The normalized spacial score (nSPS) is 12.5. The van der Waals surface area contributed by atoms with Crippen molar-refractivity contribution in [2.24, 2.45) is 0 Å². The maximum atomic E-state index is 13.0. The monoisotopic (exact) mass is 271 g/mol. The Kier molecular flexibility index (Phi) is 3.62. The summed E-state index contributed by atoms with van der Waals surface area (Å²) in [7, 11) is 0. The van der Waals surface area contributed by atoms with Crippen molar-refractivity contribution in [1.29, 1.82) is 0 Å². The van der Waals surface area contributed by atoms with Gasteiger partial charge in [-0.15, -0.1) is 0 Å². The van der Waals surface area contributed by atoms with Gasteiger partial charge in [0, 0.05) is 21.8 Å². The molecule has 1 atom stereocenters. The van der Waals surface area contributed by atoms with Crippen LogP contribution in [0, 0.1) is 5.82 Å². The van der Waals surface area contributed by atoms with Gasteiger partial charge in [0.1, 0.15) is 11.9 Å². The highest BCUT2D eigenvalue weighted by molar-refractivity contribution is 6.34. The highest BCUT2D eigenvalue weighted by Crippen LogP contribution is 2.27. The van der Waals surface area contributed by atoms with Gasteiger partial charge in [-0.05, 0) is 29.8 Å². The molecule has 5 heteroatoms. The zero-order chi connectivity index (χ0) is 12.4. The number of benzene rings is 1. The first kappa shape index (κ1) is 12.3. The van der Waals surface area contributed by atoms with Crippen molar-refractivity contribution in [2.45, 2.75) is 6.10 Å². The van der Waals surface area contributed by atoms with E-state index in [9.17, 15) is 9.50 Å². The van der Waals surface area contributed by atoms with Crippen molar-refractivity contribution >= 4 is 23.2 Å². The van der Waals surface area contributed by atoms with Gasteiger partial charge in [0.15, 0.2) is 0 Å². The number of aromatic nitrogens is 1. The SMILES string of the molecule is OC(c1cncc(F)c1)c1cc(Cl)cc(Cl)c1. The quantitative estimate of drug-likeness (QED) is 0.905. The Balaban J connectivity index is 2.39. The summed E-state index contributed by atoms with van der Waals surface area (Å²) >= 11 is 11.7. The summed E-state index contributed by atoms with van der Waals surface area (Å²) in [5.41, 5.74) is 0.846. The first-order chi connectivity index (χ1) is 8.06. The molecule has 1 aromatic heterocycles. The van der Waals surface area contributed by atoms with Crippen LogP contribution < -0.4 is 0 Å². The Bertz CT molecular complexity index is 528. The maximum Gasteiger partial charge on any atom is 0.141 e. The molecule has 1 heterocycles. The van der Waals surface area contributed by atoms with Crippen molar-refractivity contribution in [3.05, 3.63) is 63.6 Å². The lowest BCUT2D eigenvalue weighted by atomic mass is 10.0. The summed E-state index contributed by atoms with van der Waals surface area (Å²) < 4.78 is 13.0. The van der Waals surface area contributed by atoms with Gasteiger partial charge in [-0.2, -0.15) is 0 Å². The van der Waals surface area contributed by atoms with E-state index in [1.165, 1.54) is 12.3 Å². The van der Waals surface area contributed by atoms with Crippen LogP contribution in [0.5, 0.6) is 0 Å². The van der Waals surface area contributed by atoms with Gasteiger partial charge >= 0.3 is 0 Å². The molecule has 0 amide bonds. The van der Waals surface area contributed by atoms with E-state index in [4.69, 9.17) is 23.2 Å². The third-order valence-corrected chi connectivity index (χ3v) is 2.68. The van der Waals surface area contributed by atoms with Gasteiger partial charge in [0.05, 0.1) is 6.20 Å². The average molecular weight is 272 g/mol. The number of aliphatic hydroxyl groups excluding tert-OH is 1. The third-order valence-electron chi connectivity index (χ3n) is 2.24. The second kappa shape index (κ2) is 5.00. The number of hydrogen-bond donors (Lipinski definition) is 1. The van der Waals surface area contributed by atoms with Gasteiger partial charge in [0.2, 0.25) is 0 Å². The van der Waals surface area contributed by atoms with Crippen LogP contribution in [0.2, 0.25) is 10.0 Å². The standard InChI is InChI=1S/C12H8Cl2FNO/c13-9-1-7(2-10(14)4-9)12(17)8-3-11(15)6-16-5-8/h1-6,12,17H. The Hall–Kier alpha value is -1.16. The van der Waals surface area contributed by atoms with Crippen molar-refractivity contribution in [3.8, 4) is 0 Å². The van der Waals surface area contributed by atoms with Crippen molar-refractivity contribution in [3.63, 3.8) is 0 Å². The first-order valence-corrected chi connectivity index (χ1v) is 5.56. The van der Waals surface area contributed by atoms with E-state index in [1.54, 1.807) is 18.2 Å². The average Bonchev–Trinajstić information content (AvgIpc) is 2.26. The predicted octanol–water partition coefficient (Wildman–Crippen LogP) is 3.61. The molecule has 2 rings (SSSR count). The van der Waals surface area contributed by atoms with Gasteiger partial charge < -0.3 is 5.11 Å². The number of pyridine rings is 1. The zero-order valence-corrected chi connectivity index (χ0v) is 10.1. The molecule has 17 heavy (non-hydrogen) atoms. The minimum Gasteiger partial charge on any atom is -0.384 e. The highest BCUT2D eigenvalue weighted by atomic mass is 35.5. The van der Waals surface area contributed by atoms with E-state index >= 15 is 0 Å². The van der Waals surface area contributed by atoms with Gasteiger partial charge in [0.25, 0.3) is 0 Å². The van der Waals surface area contributed by atoms with E-state index in [-0.39, 0.29) is 0 Å². The Labute approximate surface area is 108 Å². The topological polar surface area (TPSA) is 33.1 Å². The minimum absolute atomic E-state index is 0.350. The summed E-state index contributed by atoms with van der Waals surface area (Å²) in [4.78, 5) is 3.67. The molecule has 1 aromatic carbocycles. The first-order valence-electron chi connectivity index (χ1n) is 4.81. The Morgan fingerprint density at radius 2 is 1.65 bits per heavy atom. The number of hydrogen-bond acceptors (Lipinski definition) is 2. The van der Waals surface area contributed by atoms with Crippen molar-refractivity contribution in [2.75, 3.05) is 0 Å². The lowest BCUT2D eigenvalue weighted by molar-refractivity contribution is 0.219. The van der Waals surface area contributed by atoms with Crippen molar-refractivity contribution in [1.82, 2.24) is 4.98 Å². The smallest absolute Gasteiger partial charge is 0.141 e. The van der Waals surface area contributed by atoms with Crippen LogP contribution in [0.3, 0.4) is 0 Å². The fraction of sp³-hybridized carbons (Fsp3) is 0.0833. The lowest BCUT2D eigenvalue weighted by Gasteiger charge is -2.11. The second-order valence-corrected chi connectivity index (χ2v) is 4.41. The summed E-state index contributed by atoms with van der Waals surface area (Å²) in [6.07, 6.45) is 1.46. The maximum absolute atomic E-state index is 13.0. The summed E-state index contributed by atoms with van der Waals surface area (Å²) in [5, 5.41) is 10.9. The molecule has 0 fully saturated rings. The summed E-state index contributed by atoms with van der Waals surface area (Å²) in [6, 6.07) is 5.92. The third kappa shape index (κ3) is 2.94. The fourth-order valence-electron chi connectivity index (χ4n) is 1.50. The molecule has 0 saturated heterocycles. The van der Waals surface area contributed by atoms with E-state index in [2.05, 4.69) is 4.98 Å². The Morgan fingerprint density at radius 1 is 1.00 bits per heavy atom. The van der Waals surface area contributed by atoms with Crippen LogP contribution >= 0.6 is 23.2 Å². The summed E-state index contributed by atoms with van der Waals surface area (Å²) in [6.45, 7) is 0. The van der Waals surface area contributed by atoms with E-state index < -0.39 is 11.9 Å². The largest absolute Gasteiger partial charge is 0.384 e. The van der Waals surface area contributed by atoms with E-state index in [1.807, 2.05) is 0 Å². The highest BCUT2D eigenvalue weighted by Gasteiger charge is 2.13. The van der Waals surface area contributed by atoms with Crippen LogP contribution in [0.4, 0.5) is 4.39 Å². The molecule has 1 N–H and O–H groups in total. The van der Waals surface area contributed by atoms with Crippen LogP contribution in [-0.2, 0) is 0 Å². The molecule has 0 bridgehead atoms. The van der Waals surface area contributed by atoms with Gasteiger partial charge in [-0.3, -0.25) is 4.98 Å². The molecular formula is C12H8Cl2FNO. The van der Waals surface area contributed by atoms with Gasteiger partial charge in [-0.25, -0.2) is 4.39 Å². The Morgan fingerprint density at radius 3 is 2.24 bits per heavy atom. The number of nitrogens with zero attached hydrogens (tertiary/aromatic N) is 1.